The quantitative estimate of drug-likeness (QED) is 0.278. The number of fused-ring (bicyclic) bond motifs is 4. The van der Waals surface area contributed by atoms with E-state index in [0.29, 0.717) is 22.3 Å². The smallest absolute Gasteiger partial charge is 0.434 e. The van der Waals surface area contributed by atoms with E-state index >= 15 is 13.2 Å². The molecule has 8 rings (SSSR count). The number of nitrogens with zero attached hydrogens (tertiary/aromatic N) is 3. The highest BCUT2D eigenvalue weighted by atomic mass is 32.1. The minimum Gasteiger partial charge on any atom is -0.434 e. The molecule has 4 aromatic rings. The monoisotopic (exact) mass is 635 g/mol. The number of hydrogen-bond donors (Lipinski definition) is 0. The lowest BCUT2D eigenvalue weighted by Gasteiger charge is -2.51. The highest BCUT2D eigenvalue weighted by Gasteiger charge is 2.50. The topological polar surface area (TPSA) is 90.3 Å². The molecule has 1 unspecified atom stereocenters. The first-order valence-electron chi connectivity index (χ1n) is 14.4. The van der Waals surface area contributed by atoms with Crippen molar-refractivity contribution in [1.82, 2.24) is 9.58 Å². The fourth-order valence-electron chi connectivity index (χ4n) is 7.02. The summed E-state index contributed by atoms with van der Waals surface area (Å²) < 4.78 is 64.6. The summed E-state index contributed by atoms with van der Waals surface area (Å²) >= 11 is 1.33. The van der Waals surface area contributed by atoms with Gasteiger partial charge in [-0.25, -0.2) is 18.0 Å². The molecule has 4 heterocycles. The molecule has 2 aromatic heterocycles. The minimum absolute atomic E-state index is 0.0217. The molecule has 2 aliphatic heterocycles. The zero-order chi connectivity index (χ0) is 31.2. The number of carbonyl (C=O) groups excluding carboxylic acids is 2. The second-order valence-corrected chi connectivity index (χ2v) is 12.0. The Morgan fingerprint density at radius 3 is 2.76 bits per heavy atom. The van der Waals surface area contributed by atoms with Crippen molar-refractivity contribution in [3.63, 3.8) is 0 Å². The van der Waals surface area contributed by atoms with E-state index in [-0.39, 0.29) is 37.6 Å². The van der Waals surface area contributed by atoms with Crippen LogP contribution < -0.4 is 15.2 Å². The van der Waals surface area contributed by atoms with Gasteiger partial charge in [-0.2, -0.15) is 0 Å². The molecule has 1 saturated heterocycles. The first kappa shape index (κ1) is 27.9. The lowest BCUT2D eigenvalue weighted by molar-refractivity contribution is -0.0198. The van der Waals surface area contributed by atoms with E-state index in [1.807, 2.05) is 24.3 Å². The number of amides is 1. The predicted octanol–water partition coefficient (Wildman–Crippen LogP) is 5.42. The highest BCUT2D eigenvalue weighted by Crippen LogP contribution is 2.58. The summed E-state index contributed by atoms with van der Waals surface area (Å²) in [6, 6.07) is 10.3. The van der Waals surface area contributed by atoms with E-state index in [9.17, 15) is 14.4 Å². The van der Waals surface area contributed by atoms with Crippen molar-refractivity contribution >= 4 is 23.4 Å². The Labute approximate surface area is 257 Å². The number of hydrogen-bond acceptors (Lipinski definition) is 8. The van der Waals surface area contributed by atoms with Crippen molar-refractivity contribution in [3.05, 3.63) is 98.0 Å². The van der Waals surface area contributed by atoms with Gasteiger partial charge in [0.1, 0.15) is 12.0 Å². The van der Waals surface area contributed by atoms with Crippen LogP contribution in [-0.2, 0) is 21.8 Å². The number of alkyl halides is 2. The molecule has 0 saturated carbocycles. The fourth-order valence-corrected chi connectivity index (χ4v) is 8.14. The Balaban J connectivity index is 1.45. The summed E-state index contributed by atoms with van der Waals surface area (Å²) in [6.07, 6.45) is -1.16. The average molecular weight is 636 g/mol. The Kier molecular flexibility index (Phi) is 6.16. The number of morpholine rings is 1. The van der Waals surface area contributed by atoms with E-state index in [0.717, 1.165) is 22.6 Å². The van der Waals surface area contributed by atoms with Gasteiger partial charge in [0.15, 0.2) is 5.69 Å². The van der Waals surface area contributed by atoms with Crippen LogP contribution in [0, 0.1) is 5.82 Å². The molecule has 1 fully saturated rings. The molecule has 9 nitrogen and oxygen atoms in total. The largest absolute Gasteiger partial charge is 0.514 e. The van der Waals surface area contributed by atoms with Crippen LogP contribution in [0.25, 0.3) is 21.6 Å². The van der Waals surface area contributed by atoms with Crippen LogP contribution in [0.5, 0.6) is 5.75 Å². The number of thiophene rings is 1. The van der Waals surface area contributed by atoms with Crippen LogP contribution in [0.15, 0.2) is 58.8 Å². The molecule has 0 radical (unpaired) electrons. The number of carbonyl (C=O) groups is 2. The van der Waals surface area contributed by atoms with Gasteiger partial charge in [0.25, 0.3) is 11.8 Å². The molecule has 230 valence electrons. The third kappa shape index (κ3) is 3.93. The fraction of sp³-hybridized carbons (Fsp3) is 0.281. The standard InChI is InChI=1S/C32H24F3N3O6S/c1-2-43-31(41)44-28-21(39)9-10-37-27(28)30(40)36-11-12-42-14-22(36)38(37)26-17-5-3-4-6-18(17)29-23-16(15-45-29)13-32(34,35)25-20(33)8-7-19(26)24(23)25/h3-10,15,22,26H,2,11-14H2,1H3/t22-,26?/m1/s1. The highest BCUT2D eigenvalue weighted by molar-refractivity contribution is 7.14. The van der Waals surface area contributed by atoms with Gasteiger partial charge in [0.05, 0.1) is 31.4 Å². The van der Waals surface area contributed by atoms with Crippen molar-refractivity contribution in [1.29, 1.82) is 0 Å². The molecule has 1 amide bonds. The summed E-state index contributed by atoms with van der Waals surface area (Å²) in [6.45, 7) is 1.96. The van der Waals surface area contributed by atoms with Gasteiger partial charge in [0.2, 0.25) is 11.2 Å². The van der Waals surface area contributed by atoms with E-state index in [1.54, 1.807) is 17.3 Å². The van der Waals surface area contributed by atoms with Crippen LogP contribution in [0.3, 0.4) is 0 Å². The zero-order valence-electron chi connectivity index (χ0n) is 23.7. The number of halogens is 3. The van der Waals surface area contributed by atoms with Crippen LogP contribution in [0.2, 0.25) is 0 Å². The number of rotatable bonds is 3. The van der Waals surface area contributed by atoms with Gasteiger partial charge in [0, 0.05) is 41.2 Å². The number of pyridine rings is 1. The Morgan fingerprint density at radius 2 is 1.93 bits per heavy atom. The summed E-state index contributed by atoms with van der Waals surface area (Å²) in [5.74, 6) is -5.57. The molecule has 2 aromatic carbocycles. The number of aromatic nitrogens is 1. The minimum atomic E-state index is -3.47. The van der Waals surface area contributed by atoms with Crippen molar-refractivity contribution in [3.8, 4) is 27.3 Å². The maximum atomic E-state index is 15.8. The SMILES string of the molecule is CCOC(=O)Oc1c2n(ccc1=O)N(C1c3ccccc3-c3scc4c3-c3c1ccc(F)c3C(F)(F)C4)[C@@H]1COCCN1C2=O. The third-order valence-electron chi connectivity index (χ3n) is 8.74. The molecule has 0 bridgehead atoms. The lowest BCUT2D eigenvalue weighted by Crippen LogP contribution is -2.66. The van der Waals surface area contributed by atoms with Crippen LogP contribution in [-0.4, -0.2) is 54.2 Å². The summed E-state index contributed by atoms with van der Waals surface area (Å²) in [7, 11) is 0. The molecular weight excluding hydrogens is 611 g/mol. The first-order valence-corrected chi connectivity index (χ1v) is 15.3. The summed E-state index contributed by atoms with van der Waals surface area (Å²) in [5, 5.41) is 3.48. The molecule has 2 aliphatic carbocycles. The van der Waals surface area contributed by atoms with E-state index in [2.05, 4.69) is 0 Å². The lowest BCUT2D eigenvalue weighted by atomic mass is 9.80. The average Bonchev–Trinajstić information content (AvgIpc) is 3.38. The summed E-state index contributed by atoms with van der Waals surface area (Å²) in [5.41, 5.74) is 1.38. The molecule has 2 atom stereocenters. The second kappa shape index (κ2) is 9.94. The Bertz CT molecular complexity index is 1990. The van der Waals surface area contributed by atoms with Crippen LogP contribution in [0.4, 0.5) is 18.0 Å². The van der Waals surface area contributed by atoms with Crippen molar-refractivity contribution < 1.29 is 37.0 Å². The molecule has 13 heteroatoms. The van der Waals surface area contributed by atoms with Gasteiger partial charge in [-0.15, -0.1) is 11.3 Å². The predicted molar refractivity (Wildman–Crippen MR) is 157 cm³/mol. The van der Waals surface area contributed by atoms with Gasteiger partial charge in [-0.1, -0.05) is 30.3 Å². The Morgan fingerprint density at radius 1 is 1.11 bits per heavy atom. The molecular formula is C32H24F3N3O6S. The molecule has 0 spiro atoms. The maximum absolute atomic E-state index is 15.8. The molecule has 0 N–H and O–H groups in total. The first-order chi connectivity index (χ1) is 21.7. The van der Waals surface area contributed by atoms with Crippen molar-refractivity contribution in [2.45, 2.75) is 31.5 Å². The third-order valence-corrected chi connectivity index (χ3v) is 9.81. The maximum Gasteiger partial charge on any atom is 0.514 e. The normalized spacial score (nSPS) is 20.4. The van der Waals surface area contributed by atoms with Gasteiger partial charge in [-0.05, 0) is 40.6 Å². The number of ether oxygens (including phenoxy) is 3. The van der Waals surface area contributed by atoms with Crippen LogP contribution >= 0.6 is 11.3 Å². The van der Waals surface area contributed by atoms with E-state index < -0.39 is 59.2 Å². The van der Waals surface area contributed by atoms with E-state index in [4.69, 9.17) is 14.2 Å². The van der Waals surface area contributed by atoms with Gasteiger partial charge >= 0.3 is 6.16 Å². The van der Waals surface area contributed by atoms with Crippen LogP contribution in [0.1, 0.15) is 45.7 Å². The van der Waals surface area contributed by atoms with Crippen molar-refractivity contribution in [2.24, 2.45) is 0 Å². The molecule has 4 aliphatic rings. The van der Waals surface area contributed by atoms with Crippen molar-refractivity contribution in [2.75, 3.05) is 31.4 Å². The second-order valence-electron chi connectivity index (χ2n) is 11.1. The van der Waals surface area contributed by atoms with E-state index in [1.165, 1.54) is 33.2 Å². The summed E-state index contributed by atoms with van der Waals surface area (Å²) in [4.78, 5) is 41.8. The van der Waals surface area contributed by atoms with Gasteiger partial charge < -0.3 is 19.1 Å². The molecule has 45 heavy (non-hydrogen) atoms. The van der Waals surface area contributed by atoms with Gasteiger partial charge in [-0.3, -0.25) is 19.3 Å². The number of benzene rings is 2. The zero-order valence-corrected chi connectivity index (χ0v) is 24.5. The Hall–Kier alpha value is -4.62.